The number of hydrogen-bond donors (Lipinski definition) is 3. The number of carbonyl (C=O) groups excluding carboxylic acids is 2. The second kappa shape index (κ2) is 9.92. The highest BCUT2D eigenvalue weighted by molar-refractivity contribution is 6.00. The van der Waals surface area contributed by atoms with E-state index in [0.717, 1.165) is 0 Å². The number of nitrogens with zero attached hydrogens (tertiary/aromatic N) is 2. The molecule has 2 aromatic rings. The van der Waals surface area contributed by atoms with Crippen molar-refractivity contribution in [3.05, 3.63) is 70.2 Å². The van der Waals surface area contributed by atoms with Gasteiger partial charge in [0.15, 0.2) is 17.3 Å². The normalized spacial score (nSPS) is 17.3. The van der Waals surface area contributed by atoms with Gasteiger partial charge in [0.25, 0.3) is 5.91 Å². The van der Waals surface area contributed by atoms with Crippen LogP contribution in [0.5, 0.6) is 23.0 Å². The van der Waals surface area contributed by atoms with Gasteiger partial charge in [-0.15, -0.1) is 0 Å². The first kappa shape index (κ1) is 24.5. The van der Waals surface area contributed by atoms with Crippen LogP contribution in [0.4, 0.5) is 0 Å². The van der Waals surface area contributed by atoms with Crippen molar-refractivity contribution in [2.24, 2.45) is 5.73 Å². The zero-order valence-electron chi connectivity index (χ0n) is 20.1. The number of nitriles is 1. The lowest BCUT2D eigenvalue weighted by atomic mass is 9.76. The Morgan fingerprint density at radius 3 is 2.31 bits per heavy atom. The van der Waals surface area contributed by atoms with E-state index in [1.54, 1.807) is 12.1 Å². The lowest BCUT2D eigenvalue weighted by molar-refractivity contribution is -0.116. The van der Waals surface area contributed by atoms with Gasteiger partial charge in [-0.3, -0.25) is 15.0 Å². The third-order valence-electron chi connectivity index (χ3n) is 6.28. The van der Waals surface area contributed by atoms with Crippen LogP contribution < -0.4 is 25.4 Å². The first-order valence-electron chi connectivity index (χ1n) is 11.2. The number of amides is 1. The van der Waals surface area contributed by atoms with E-state index in [1.165, 1.54) is 50.6 Å². The third-order valence-corrected chi connectivity index (χ3v) is 6.28. The van der Waals surface area contributed by atoms with E-state index in [9.17, 15) is 20.0 Å². The molecule has 1 unspecified atom stereocenters. The number of nitrogens with one attached hydrogen (secondary N) is 1. The number of methoxy groups -OCH3 is 3. The minimum Gasteiger partial charge on any atom is -0.508 e. The number of phenolic OH excluding ortho intramolecular Hbond substituents is 1. The van der Waals surface area contributed by atoms with E-state index >= 15 is 0 Å². The lowest BCUT2D eigenvalue weighted by Crippen LogP contribution is -2.48. The van der Waals surface area contributed by atoms with Crippen LogP contribution in [0.2, 0.25) is 0 Å². The van der Waals surface area contributed by atoms with Gasteiger partial charge < -0.3 is 25.1 Å². The Hall–Kier alpha value is -4.65. The van der Waals surface area contributed by atoms with E-state index < -0.39 is 11.8 Å². The average Bonchev–Trinajstić information content (AvgIpc) is 2.89. The van der Waals surface area contributed by atoms with Crippen molar-refractivity contribution in [3.63, 3.8) is 0 Å². The van der Waals surface area contributed by atoms with Crippen molar-refractivity contribution in [2.75, 3.05) is 21.3 Å². The molecular formula is C26H26N4O6. The summed E-state index contributed by atoms with van der Waals surface area (Å²) in [5.74, 6) is -0.281. The van der Waals surface area contributed by atoms with Gasteiger partial charge in [0.1, 0.15) is 11.6 Å². The molecule has 0 spiro atoms. The number of aromatic hydroxyl groups is 1. The first-order chi connectivity index (χ1) is 17.3. The zero-order chi connectivity index (χ0) is 26.0. The number of ether oxygens (including phenoxy) is 3. The number of nitrogens with two attached hydrogens (primary N) is 1. The van der Waals surface area contributed by atoms with Crippen molar-refractivity contribution >= 4 is 11.7 Å². The Kier molecular flexibility index (Phi) is 6.74. The topological polar surface area (TPSA) is 147 Å². The standard InChI is InChI=1S/C26H26N4O6/c1-34-20-11-15(12-21(35-2)24(20)36-3)22-17(13-27)25(28)30(18-5-4-6-19(32)23(18)22)29-26(33)14-7-9-16(31)10-8-14/h7-12,22,31H,4-6,28H2,1-3H3,(H,29,33). The Bertz CT molecular complexity index is 1300. The maximum Gasteiger partial charge on any atom is 0.270 e. The number of rotatable bonds is 6. The fourth-order valence-corrected chi connectivity index (χ4v) is 4.59. The molecule has 0 aromatic heterocycles. The number of carbonyl (C=O) groups is 2. The molecule has 1 aliphatic carbocycles. The maximum atomic E-state index is 13.3. The van der Waals surface area contributed by atoms with Crippen LogP contribution in [0.15, 0.2) is 59.1 Å². The molecule has 1 heterocycles. The van der Waals surface area contributed by atoms with Gasteiger partial charge in [0.05, 0.1) is 38.9 Å². The number of hydrogen-bond acceptors (Lipinski definition) is 9. The Balaban J connectivity index is 1.86. The highest BCUT2D eigenvalue weighted by atomic mass is 16.5. The summed E-state index contributed by atoms with van der Waals surface area (Å²) in [6.07, 6.45) is 1.34. The number of phenols is 1. The van der Waals surface area contributed by atoms with Crippen LogP contribution in [0.3, 0.4) is 0 Å². The van der Waals surface area contributed by atoms with E-state index in [2.05, 4.69) is 11.5 Å². The van der Waals surface area contributed by atoms with Crippen LogP contribution in [0.25, 0.3) is 0 Å². The van der Waals surface area contributed by atoms with Crippen molar-refractivity contribution in [3.8, 4) is 29.1 Å². The van der Waals surface area contributed by atoms with E-state index in [-0.39, 0.29) is 28.5 Å². The van der Waals surface area contributed by atoms with Gasteiger partial charge in [-0.1, -0.05) is 0 Å². The summed E-state index contributed by atoms with van der Waals surface area (Å²) in [5, 5.41) is 21.0. The number of ketones is 1. The van der Waals surface area contributed by atoms with Crippen LogP contribution in [-0.4, -0.2) is 43.1 Å². The quantitative estimate of drug-likeness (QED) is 0.556. The van der Waals surface area contributed by atoms with E-state index in [0.29, 0.717) is 53.3 Å². The molecule has 4 rings (SSSR count). The van der Waals surface area contributed by atoms with Crippen molar-refractivity contribution in [2.45, 2.75) is 25.2 Å². The maximum absolute atomic E-state index is 13.3. The van der Waals surface area contributed by atoms with Crippen molar-refractivity contribution in [1.82, 2.24) is 10.4 Å². The summed E-state index contributed by atoms with van der Waals surface area (Å²) in [6, 6.07) is 11.2. The van der Waals surface area contributed by atoms with Gasteiger partial charge in [0.2, 0.25) is 5.75 Å². The minimum absolute atomic E-state index is 0.0110. The first-order valence-corrected chi connectivity index (χ1v) is 11.2. The molecule has 1 amide bonds. The Labute approximate surface area is 208 Å². The van der Waals surface area contributed by atoms with Gasteiger partial charge >= 0.3 is 0 Å². The lowest BCUT2D eigenvalue weighted by Gasteiger charge is -2.39. The predicted molar refractivity (Wildman–Crippen MR) is 129 cm³/mol. The molecule has 0 fully saturated rings. The smallest absolute Gasteiger partial charge is 0.270 e. The second-order valence-corrected chi connectivity index (χ2v) is 8.26. The molecule has 1 aliphatic heterocycles. The fraction of sp³-hybridized carbons (Fsp3) is 0.269. The number of benzene rings is 2. The SMILES string of the molecule is COc1cc(C2C(C#N)=C(N)N(NC(=O)c3ccc(O)cc3)C3=C2C(=O)CCC3)cc(OC)c1OC. The molecule has 10 nitrogen and oxygen atoms in total. The molecule has 36 heavy (non-hydrogen) atoms. The number of allylic oxidation sites excluding steroid dienone is 3. The van der Waals surface area contributed by atoms with Gasteiger partial charge in [-0.25, -0.2) is 5.01 Å². The molecule has 1 atom stereocenters. The zero-order valence-corrected chi connectivity index (χ0v) is 20.1. The molecule has 2 aromatic carbocycles. The molecule has 2 aliphatic rings. The van der Waals surface area contributed by atoms with Crippen LogP contribution in [-0.2, 0) is 4.79 Å². The highest BCUT2D eigenvalue weighted by Gasteiger charge is 2.41. The van der Waals surface area contributed by atoms with Crippen LogP contribution >= 0.6 is 0 Å². The highest BCUT2D eigenvalue weighted by Crippen LogP contribution is 2.48. The third kappa shape index (κ3) is 4.15. The fourth-order valence-electron chi connectivity index (χ4n) is 4.59. The summed E-state index contributed by atoms with van der Waals surface area (Å²) in [4.78, 5) is 26.2. The Morgan fingerprint density at radius 2 is 1.75 bits per heavy atom. The minimum atomic E-state index is -0.784. The Morgan fingerprint density at radius 1 is 1.11 bits per heavy atom. The van der Waals surface area contributed by atoms with Crippen molar-refractivity contribution < 1.29 is 28.9 Å². The second-order valence-electron chi connectivity index (χ2n) is 8.26. The van der Waals surface area contributed by atoms with E-state index in [1.807, 2.05) is 0 Å². The largest absolute Gasteiger partial charge is 0.508 e. The van der Waals surface area contributed by atoms with Gasteiger partial charge in [-0.05, 0) is 54.8 Å². The monoisotopic (exact) mass is 490 g/mol. The summed E-state index contributed by atoms with van der Waals surface area (Å²) >= 11 is 0. The van der Waals surface area contributed by atoms with Gasteiger partial charge in [-0.2, -0.15) is 5.26 Å². The molecule has 0 bridgehead atoms. The molecular weight excluding hydrogens is 464 g/mol. The predicted octanol–water partition coefficient (Wildman–Crippen LogP) is 2.86. The summed E-state index contributed by atoms with van der Waals surface area (Å²) < 4.78 is 16.4. The van der Waals surface area contributed by atoms with E-state index in [4.69, 9.17) is 19.9 Å². The number of hydrazine groups is 1. The number of Topliss-reactive ketones (excluding diaryl/α,β-unsaturated/α-hetero) is 1. The summed E-state index contributed by atoms with van der Waals surface area (Å²) in [7, 11) is 4.45. The molecule has 10 heteroatoms. The summed E-state index contributed by atoms with van der Waals surface area (Å²) in [6.45, 7) is 0. The van der Waals surface area contributed by atoms with Gasteiger partial charge in [0, 0.05) is 23.3 Å². The van der Waals surface area contributed by atoms with Crippen LogP contribution in [0.1, 0.15) is 41.1 Å². The molecule has 0 saturated carbocycles. The molecule has 0 saturated heterocycles. The molecule has 0 radical (unpaired) electrons. The molecule has 4 N–H and O–H groups in total. The average molecular weight is 491 g/mol. The van der Waals surface area contributed by atoms with Crippen molar-refractivity contribution in [1.29, 1.82) is 5.26 Å². The summed E-state index contributed by atoms with van der Waals surface area (Å²) in [5.41, 5.74) is 11.0. The van der Waals surface area contributed by atoms with Crippen LogP contribution in [0, 0.1) is 11.3 Å². The molecule has 186 valence electrons.